The first-order valence-corrected chi connectivity index (χ1v) is 8.57. The molecule has 1 saturated carbocycles. The Bertz CT molecular complexity index is 387. The molecule has 3 aliphatic rings. The Labute approximate surface area is 127 Å². The van der Waals surface area contributed by atoms with Crippen molar-refractivity contribution in [3.05, 3.63) is 0 Å². The molecule has 3 rings (SSSR count). The van der Waals surface area contributed by atoms with Crippen LogP contribution in [0.2, 0.25) is 0 Å². The lowest BCUT2D eigenvalue weighted by atomic mass is 10.1. The molecule has 5 nitrogen and oxygen atoms in total. The van der Waals surface area contributed by atoms with Gasteiger partial charge in [0, 0.05) is 19.1 Å². The highest BCUT2D eigenvalue weighted by Crippen LogP contribution is 2.28. The third-order valence-electron chi connectivity index (χ3n) is 5.14. The highest BCUT2D eigenvalue weighted by atomic mass is 16.2. The van der Waals surface area contributed by atoms with Crippen molar-refractivity contribution in [3.63, 3.8) is 0 Å². The van der Waals surface area contributed by atoms with Crippen molar-refractivity contribution in [2.75, 3.05) is 26.2 Å². The Morgan fingerprint density at radius 1 is 1.00 bits per heavy atom. The molecule has 2 heterocycles. The third kappa shape index (κ3) is 3.46. The summed E-state index contributed by atoms with van der Waals surface area (Å²) in [6.45, 7) is 4.14. The second-order valence-corrected chi connectivity index (χ2v) is 6.65. The Hall–Kier alpha value is -0.940. The first-order chi connectivity index (χ1) is 10.3. The van der Waals surface area contributed by atoms with Crippen molar-refractivity contribution in [3.8, 4) is 0 Å². The van der Waals surface area contributed by atoms with Gasteiger partial charge in [-0.05, 0) is 38.8 Å². The molecule has 0 radical (unpaired) electrons. The minimum atomic E-state index is -0.275. The summed E-state index contributed by atoms with van der Waals surface area (Å²) in [6, 6.07) is -0.0956. The zero-order valence-electron chi connectivity index (χ0n) is 12.9. The molecule has 0 aromatic rings. The van der Waals surface area contributed by atoms with Gasteiger partial charge in [-0.25, -0.2) is 0 Å². The average molecular weight is 293 g/mol. The largest absolute Gasteiger partial charge is 0.304 e. The molecule has 2 saturated heterocycles. The van der Waals surface area contributed by atoms with E-state index in [9.17, 15) is 9.59 Å². The lowest BCUT2D eigenvalue weighted by molar-refractivity contribution is -0.141. The zero-order chi connectivity index (χ0) is 14.7. The maximum absolute atomic E-state index is 12.4. The molecule has 118 valence electrons. The maximum Gasteiger partial charge on any atom is 0.247 e. The van der Waals surface area contributed by atoms with E-state index in [4.69, 9.17) is 0 Å². The monoisotopic (exact) mass is 293 g/mol. The summed E-state index contributed by atoms with van der Waals surface area (Å²) >= 11 is 0. The molecule has 3 fully saturated rings. The molecule has 1 aliphatic carbocycles. The fourth-order valence-corrected chi connectivity index (χ4v) is 3.94. The fraction of sp³-hybridized carbons (Fsp3) is 0.875. The van der Waals surface area contributed by atoms with E-state index in [1.54, 1.807) is 4.90 Å². The average Bonchev–Trinajstić information content (AvgIpc) is 3.09. The summed E-state index contributed by atoms with van der Waals surface area (Å²) in [5, 5.41) is 3.31. The number of rotatable bonds is 5. The van der Waals surface area contributed by atoms with Crippen LogP contribution in [0.4, 0.5) is 0 Å². The van der Waals surface area contributed by atoms with Crippen LogP contribution >= 0.6 is 0 Å². The van der Waals surface area contributed by atoms with Crippen molar-refractivity contribution < 1.29 is 9.59 Å². The van der Waals surface area contributed by atoms with Gasteiger partial charge in [0.05, 0.1) is 12.5 Å². The van der Waals surface area contributed by atoms with E-state index in [-0.39, 0.29) is 23.9 Å². The van der Waals surface area contributed by atoms with Crippen LogP contribution in [0.3, 0.4) is 0 Å². The van der Waals surface area contributed by atoms with Gasteiger partial charge in [0.1, 0.15) is 0 Å². The van der Waals surface area contributed by atoms with Gasteiger partial charge < -0.3 is 10.2 Å². The van der Waals surface area contributed by atoms with Crippen LogP contribution in [0.25, 0.3) is 0 Å². The Morgan fingerprint density at radius 2 is 1.71 bits per heavy atom. The van der Waals surface area contributed by atoms with E-state index in [1.165, 1.54) is 32.4 Å². The number of hydrogen-bond acceptors (Lipinski definition) is 4. The van der Waals surface area contributed by atoms with Crippen LogP contribution < -0.4 is 5.32 Å². The molecule has 1 unspecified atom stereocenters. The van der Waals surface area contributed by atoms with Gasteiger partial charge in [0.25, 0.3) is 0 Å². The fourth-order valence-electron chi connectivity index (χ4n) is 3.94. The lowest BCUT2D eigenvalue weighted by Gasteiger charge is -2.27. The maximum atomic E-state index is 12.4. The third-order valence-corrected chi connectivity index (χ3v) is 5.14. The molecule has 2 aliphatic heterocycles. The van der Waals surface area contributed by atoms with E-state index in [0.717, 1.165) is 38.8 Å². The van der Waals surface area contributed by atoms with E-state index in [2.05, 4.69) is 10.2 Å². The van der Waals surface area contributed by atoms with Gasteiger partial charge in [-0.1, -0.05) is 19.3 Å². The first kappa shape index (κ1) is 15.0. The van der Waals surface area contributed by atoms with Gasteiger partial charge >= 0.3 is 0 Å². The molecule has 21 heavy (non-hydrogen) atoms. The van der Waals surface area contributed by atoms with Crippen molar-refractivity contribution in [2.24, 2.45) is 0 Å². The van der Waals surface area contributed by atoms with Gasteiger partial charge in [-0.3, -0.25) is 14.5 Å². The minimum Gasteiger partial charge on any atom is -0.304 e. The first-order valence-electron chi connectivity index (χ1n) is 8.57. The highest BCUT2D eigenvalue weighted by molar-refractivity contribution is 6.05. The van der Waals surface area contributed by atoms with Crippen molar-refractivity contribution in [1.82, 2.24) is 15.1 Å². The van der Waals surface area contributed by atoms with Crippen LogP contribution in [-0.4, -0.2) is 59.9 Å². The number of imide groups is 1. The number of hydrogen-bond donors (Lipinski definition) is 1. The van der Waals surface area contributed by atoms with E-state index in [0.29, 0.717) is 6.42 Å². The normalized spacial score (nSPS) is 28.8. The van der Waals surface area contributed by atoms with Crippen molar-refractivity contribution >= 4 is 11.8 Å². The number of nitrogens with one attached hydrogen (secondary N) is 1. The number of carbonyl (C=O) groups is 2. The summed E-state index contributed by atoms with van der Waals surface area (Å²) in [7, 11) is 0. The molecular formula is C16H27N3O2. The molecule has 0 bridgehead atoms. The van der Waals surface area contributed by atoms with E-state index >= 15 is 0 Å². The summed E-state index contributed by atoms with van der Waals surface area (Å²) in [5.74, 6) is 0.0490. The second-order valence-electron chi connectivity index (χ2n) is 6.65. The standard InChI is InChI=1S/C16H27N3O2/c20-15-12-14(16(21)19(15)13-6-2-3-7-13)17-8-11-18-9-4-1-5-10-18/h13-14,17H,1-12H2. The molecule has 0 spiro atoms. The van der Waals surface area contributed by atoms with Gasteiger partial charge in [0.2, 0.25) is 11.8 Å². The quantitative estimate of drug-likeness (QED) is 0.772. The Balaban J connectivity index is 1.45. The van der Waals surface area contributed by atoms with Crippen LogP contribution in [0.5, 0.6) is 0 Å². The van der Waals surface area contributed by atoms with Crippen LogP contribution in [0.1, 0.15) is 51.4 Å². The molecule has 0 aromatic carbocycles. The smallest absolute Gasteiger partial charge is 0.247 e. The predicted octanol–water partition coefficient (Wildman–Crippen LogP) is 1.13. The number of amides is 2. The van der Waals surface area contributed by atoms with Crippen molar-refractivity contribution in [2.45, 2.75) is 63.5 Å². The van der Waals surface area contributed by atoms with Gasteiger partial charge in [-0.2, -0.15) is 0 Å². The molecule has 1 N–H and O–H groups in total. The molecule has 1 atom stereocenters. The van der Waals surface area contributed by atoms with Gasteiger partial charge in [0.15, 0.2) is 0 Å². The van der Waals surface area contributed by atoms with Gasteiger partial charge in [-0.15, -0.1) is 0 Å². The van der Waals surface area contributed by atoms with Crippen molar-refractivity contribution in [1.29, 1.82) is 0 Å². The number of piperidine rings is 1. The predicted molar refractivity (Wildman–Crippen MR) is 80.8 cm³/mol. The SMILES string of the molecule is O=C1CC(NCCN2CCCCC2)C(=O)N1C1CCCC1. The Kier molecular flexibility index (Phi) is 4.91. The molecule has 0 aromatic heterocycles. The Morgan fingerprint density at radius 3 is 2.43 bits per heavy atom. The summed E-state index contributed by atoms with van der Waals surface area (Å²) in [6.07, 6.45) is 8.57. The molecule has 2 amide bonds. The summed E-state index contributed by atoms with van der Waals surface area (Å²) < 4.78 is 0. The molecular weight excluding hydrogens is 266 g/mol. The topological polar surface area (TPSA) is 52.7 Å². The van der Waals surface area contributed by atoms with Crippen LogP contribution in [-0.2, 0) is 9.59 Å². The lowest BCUT2D eigenvalue weighted by Crippen LogP contribution is -2.45. The number of carbonyl (C=O) groups excluding carboxylic acids is 2. The summed E-state index contributed by atoms with van der Waals surface area (Å²) in [4.78, 5) is 28.5. The van der Waals surface area contributed by atoms with E-state index < -0.39 is 0 Å². The van der Waals surface area contributed by atoms with E-state index in [1.807, 2.05) is 0 Å². The minimum absolute atomic E-state index is 0.0190. The zero-order valence-corrected chi connectivity index (χ0v) is 12.9. The molecule has 5 heteroatoms. The van der Waals surface area contributed by atoms with Crippen LogP contribution in [0.15, 0.2) is 0 Å². The van der Waals surface area contributed by atoms with Crippen LogP contribution in [0, 0.1) is 0 Å². The number of nitrogens with zero attached hydrogens (tertiary/aromatic N) is 2. The second kappa shape index (κ2) is 6.88. The highest BCUT2D eigenvalue weighted by Gasteiger charge is 2.42. The summed E-state index contributed by atoms with van der Waals surface area (Å²) in [5.41, 5.74) is 0. The number of likely N-dealkylation sites (tertiary alicyclic amines) is 2.